The van der Waals surface area contributed by atoms with Crippen LogP contribution in [0.25, 0.3) is 0 Å². The molecule has 0 aliphatic carbocycles. The molecule has 104 valence electrons. The molecule has 0 amide bonds. The Hall–Kier alpha value is -0.0400. The van der Waals surface area contributed by atoms with E-state index in [1.807, 2.05) is 0 Å². The van der Waals surface area contributed by atoms with Crippen LogP contribution >= 0.6 is 0 Å². The molecule has 0 aromatic heterocycles. The van der Waals surface area contributed by atoms with E-state index in [0.717, 1.165) is 5.92 Å². The number of hydrogen-bond donors (Lipinski definition) is 1. The SMILES string of the molecule is CCCCCCCCCCC(N)C(CC)CC. The summed E-state index contributed by atoms with van der Waals surface area (Å²) in [5.41, 5.74) is 6.22. The summed E-state index contributed by atoms with van der Waals surface area (Å²) in [6.07, 6.45) is 14.9. The highest BCUT2D eigenvalue weighted by Gasteiger charge is 2.12. The van der Waals surface area contributed by atoms with E-state index in [1.54, 1.807) is 0 Å². The van der Waals surface area contributed by atoms with E-state index >= 15 is 0 Å². The van der Waals surface area contributed by atoms with E-state index in [-0.39, 0.29) is 0 Å². The zero-order valence-electron chi connectivity index (χ0n) is 12.5. The standard InChI is InChI=1S/C16H35N/c1-4-7-8-9-10-11-12-13-14-16(17)15(5-2)6-3/h15-16H,4-14,17H2,1-3H3. The lowest BCUT2D eigenvalue weighted by molar-refractivity contribution is 0.366. The number of unbranched alkanes of at least 4 members (excludes halogenated alkanes) is 7. The molecule has 17 heavy (non-hydrogen) atoms. The minimum Gasteiger partial charge on any atom is -0.327 e. The van der Waals surface area contributed by atoms with Crippen molar-refractivity contribution in [2.75, 3.05) is 0 Å². The van der Waals surface area contributed by atoms with Gasteiger partial charge in [-0.25, -0.2) is 0 Å². The first-order valence-electron chi connectivity index (χ1n) is 8.01. The van der Waals surface area contributed by atoms with E-state index in [2.05, 4.69) is 20.8 Å². The summed E-state index contributed by atoms with van der Waals surface area (Å²) in [6.45, 7) is 6.81. The molecule has 0 aromatic rings. The van der Waals surface area contributed by atoms with Crippen LogP contribution in [0.3, 0.4) is 0 Å². The van der Waals surface area contributed by atoms with Crippen LogP contribution < -0.4 is 5.73 Å². The third-order valence-corrected chi connectivity index (χ3v) is 4.05. The predicted octanol–water partition coefficient (Wildman–Crippen LogP) is 5.28. The fourth-order valence-electron chi connectivity index (χ4n) is 2.64. The fraction of sp³-hybridized carbons (Fsp3) is 1.00. The van der Waals surface area contributed by atoms with Crippen molar-refractivity contribution in [3.05, 3.63) is 0 Å². The van der Waals surface area contributed by atoms with Crippen LogP contribution in [0.2, 0.25) is 0 Å². The van der Waals surface area contributed by atoms with Crippen molar-refractivity contribution in [3.8, 4) is 0 Å². The van der Waals surface area contributed by atoms with E-state index < -0.39 is 0 Å². The molecule has 0 saturated heterocycles. The first-order valence-corrected chi connectivity index (χ1v) is 8.01. The molecule has 2 N–H and O–H groups in total. The summed E-state index contributed by atoms with van der Waals surface area (Å²) in [5, 5.41) is 0. The molecule has 0 fully saturated rings. The molecule has 0 aliphatic rings. The Balaban J connectivity index is 3.27. The monoisotopic (exact) mass is 241 g/mol. The highest BCUT2D eigenvalue weighted by Crippen LogP contribution is 2.17. The molecule has 1 nitrogen and oxygen atoms in total. The summed E-state index contributed by atoms with van der Waals surface area (Å²) in [5.74, 6) is 0.750. The average Bonchev–Trinajstić information content (AvgIpc) is 2.34. The van der Waals surface area contributed by atoms with Crippen molar-refractivity contribution in [2.24, 2.45) is 11.7 Å². The normalized spacial score (nSPS) is 13.2. The maximum absolute atomic E-state index is 6.22. The molecular weight excluding hydrogens is 206 g/mol. The zero-order valence-corrected chi connectivity index (χ0v) is 12.5. The summed E-state index contributed by atoms with van der Waals surface area (Å²) >= 11 is 0. The lowest BCUT2D eigenvalue weighted by atomic mass is 9.91. The van der Waals surface area contributed by atoms with Gasteiger partial charge >= 0.3 is 0 Å². The van der Waals surface area contributed by atoms with Crippen molar-refractivity contribution >= 4 is 0 Å². The van der Waals surface area contributed by atoms with Crippen LogP contribution in [0.1, 0.15) is 91.4 Å². The molecule has 0 spiro atoms. The molecule has 0 radical (unpaired) electrons. The van der Waals surface area contributed by atoms with Crippen molar-refractivity contribution in [3.63, 3.8) is 0 Å². The first-order chi connectivity index (χ1) is 8.26. The van der Waals surface area contributed by atoms with Crippen molar-refractivity contribution in [2.45, 2.75) is 97.4 Å². The van der Waals surface area contributed by atoms with Gasteiger partial charge < -0.3 is 5.73 Å². The van der Waals surface area contributed by atoms with E-state index in [1.165, 1.54) is 70.6 Å². The summed E-state index contributed by atoms with van der Waals surface area (Å²) in [6, 6.07) is 0.449. The number of nitrogens with two attached hydrogens (primary N) is 1. The smallest absolute Gasteiger partial charge is 0.00669 e. The second-order valence-electron chi connectivity index (χ2n) is 5.50. The summed E-state index contributed by atoms with van der Waals surface area (Å²) in [4.78, 5) is 0. The van der Waals surface area contributed by atoms with Crippen LogP contribution in [0, 0.1) is 5.92 Å². The zero-order chi connectivity index (χ0) is 12.9. The second-order valence-corrected chi connectivity index (χ2v) is 5.50. The quantitative estimate of drug-likeness (QED) is 0.462. The van der Waals surface area contributed by atoms with Gasteiger partial charge in [-0.05, 0) is 12.3 Å². The second kappa shape index (κ2) is 12.4. The lowest BCUT2D eigenvalue weighted by Gasteiger charge is -2.20. The van der Waals surface area contributed by atoms with Gasteiger partial charge in [-0.1, -0.05) is 85.0 Å². The molecule has 1 heteroatoms. The number of hydrogen-bond acceptors (Lipinski definition) is 1. The Bertz CT molecular complexity index is 140. The Kier molecular flexibility index (Phi) is 12.4. The molecule has 0 saturated carbocycles. The Morgan fingerprint density at radius 3 is 1.65 bits per heavy atom. The third-order valence-electron chi connectivity index (χ3n) is 4.05. The third kappa shape index (κ3) is 9.64. The molecule has 0 aliphatic heterocycles. The van der Waals surface area contributed by atoms with Gasteiger partial charge in [-0.2, -0.15) is 0 Å². The van der Waals surface area contributed by atoms with Gasteiger partial charge in [0.05, 0.1) is 0 Å². The van der Waals surface area contributed by atoms with Crippen LogP contribution in [0.15, 0.2) is 0 Å². The fourth-order valence-corrected chi connectivity index (χ4v) is 2.64. The van der Waals surface area contributed by atoms with Crippen molar-refractivity contribution < 1.29 is 0 Å². The van der Waals surface area contributed by atoms with Gasteiger partial charge in [-0.15, -0.1) is 0 Å². The van der Waals surface area contributed by atoms with Crippen LogP contribution in [-0.2, 0) is 0 Å². The van der Waals surface area contributed by atoms with Gasteiger partial charge in [0, 0.05) is 6.04 Å². The Labute approximate surface area is 110 Å². The van der Waals surface area contributed by atoms with Crippen molar-refractivity contribution in [1.29, 1.82) is 0 Å². The number of rotatable bonds is 12. The maximum Gasteiger partial charge on any atom is 0.00669 e. The molecule has 0 bridgehead atoms. The predicted molar refractivity (Wildman–Crippen MR) is 79.3 cm³/mol. The summed E-state index contributed by atoms with van der Waals surface area (Å²) < 4.78 is 0. The van der Waals surface area contributed by atoms with E-state index in [0.29, 0.717) is 6.04 Å². The van der Waals surface area contributed by atoms with Crippen molar-refractivity contribution in [1.82, 2.24) is 0 Å². The Morgan fingerprint density at radius 1 is 0.706 bits per heavy atom. The van der Waals surface area contributed by atoms with Crippen LogP contribution in [-0.4, -0.2) is 6.04 Å². The highest BCUT2D eigenvalue weighted by atomic mass is 14.6. The van der Waals surface area contributed by atoms with E-state index in [9.17, 15) is 0 Å². The topological polar surface area (TPSA) is 26.0 Å². The van der Waals surface area contributed by atoms with Gasteiger partial charge in [-0.3, -0.25) is 0 Å². The highest BCUT2D eigenvalue weighted by molar-refractivity contribution is 4.70. The van der Waals surface area contributed by atoms with Gasteiger partial charge in [0.1, 0.15) is 0 Å². The van der Waals surface area contributed by atoms with E-state index in [4.69, 9.17) is 5.73 Å². The molecular formula is C16H35N. The molecule has 1 unspecified atom stereocenters. The maximum atomic E-state index is 6.22. The van der Waals surface area contributed by atoms with Gasteiger partial charge in [0.15, 0.2) is 0 Å². The minimum absolute atomic E-state index is 0.449. The van der Waals surface area contributed by atoms with Crippen LogP contribution in [0.5, 0.6) is 0 Å². The minimum atomic E-state index is 0.449. The first kappa shape index (κ1) is 17.0. The van der Waals surface area contributed by atoms with Crippen LogP contribution in [0.4, 0.5) is 0 Å². The molecule has 0 heterocycles. The molecule has 0 aromatic carbocycles. The van der Waals surface area contributed by atoms with Gasteiger partial charge in [0.2, 0.25) is 0 Å². The lowest BCUT2D eigenvalue weighted by Crippen LogP contribution is -2.29. The largest absolute Gasteiger partial charge is 0.327 e. The average molecular weight is 241 g/mol. The molecule has 0 rings (SSSR count). The Morgan fingerprint density at radius 2 is 1.18 bits per heavy atom. The summed E-state index contributed by atoms with van der Waals surface area (Å²) in [7, 11) is 0. The molecule has 1 atom stereocenters. The van der Waals surface area contributed by atoms with Gasteiger partial charge in [0.25, 0.3) is 0 Å².